The second-order valence-corrected chi connectivity index (χ2v) is 7.30. The molecule has 0 saturated heterocycles. The van der Waals surface area contributed by atoms with Crippen molar-refractivity contribution in [2.24, 2.45) is 5.92 Å². The van der Waals surface area contributed by atoms with Crippen LogP contribution in [-0.2, 0) is 6.42 Å². The topological polar surface area (TPSA) is 43.1 Å². The largest absolute Gasteiger partial charge is 0.286 e. The zero-order valence-corrected chi connectivity index (χ0v) is 14.8. The van der Waals surface area contributed by atoms with Crippen LogP contribution in [0.4, 0.5) is 4.39 Å². The van der Waals surface area contributed by atoms with Crippen molar-refractivity contribution in [2.45, 2.75) is 24.9 Å². The van der Waals surface area contributed by atoms with E-state index in [0.717, 1.165) is 33.5 Å². The highest BCUT2D eigenvalue weighted by molar-refractivity contribution is 5.84. The van der Waals surface area contributed by atoms with E-state index in [4.69, 9.17) is 0 Å². The molecule has 134 valence electrons. The third kappa shape index (κ3) is 2.79. The van der Waals surface area contributed by atoms with Crippen molar-refractivity contribution in [3.63, 3.8) is 0 Å². The summed E-state index contributed by atoms with van der Waals surface area (Å²) in [5.41, 5.74) is 2.84. The Bertz CT molecular complexity index is 1170. The normalized spacial score (nSPS) is 21.6. The summed E-state index contributed by atoms with van der Waals surface area (Å²) in [6, 6.07) is 14.3. The number of pyridine rings is 2. The average molecular weight is 358 g/mol. The second kappa shape index (κ2) is 5.98. The van der Waals surface area contributed by atoms with Crippen molar-refractivity contribution in [1.29, 1.82) is 0 Å². The van der Waals surface area contributed by atoms with Crippen LogP contribution in [0.15, 0.2) is 67.5 Å². The Kier molecular flexibility index (Phi) is 3.57. The standard InChI is InChI=1S/C22H19FN4/c1-2-8-22(23)14-18(22)13-21-26-25-20-12-16(7-10-27(20)21)15-5-6-19-17(11-15)4-3-9-24-19/h2-7,9-12,18H,1,8,13-14H2. The summed E-state index contributed by atoms with van der Waals surface area (Å²) in [6.07, 6.45) is 7.03. The zero-order chi connectivity index (χ0) is 18.4. The van der Waals surface area contributed by atoms with Crippen molar-refractivity contribution in [3.8, 4) is 11.1 Å². The van der Waals surface area contributed by atoms with E-state index in [-0.39, 0.29) is 5.92 Å². The lowest BCUT2D eigenvalue weighted by atomic mass is 10.0. The molecule has 4 aromatic rings. The van der Waals surface area contributed by atoms with E-state index < -0.39 is 5.67 Å². The second-order valence-electron chi connectivity index (χ2n) is 7.30. The number of rotatable bonds is 5. The molecule has 0 amide bonds. The lowest BCUT2D eigenvalue weighted by Gasteiger charge is -2.06. The molecule has 2 atom stereocenters. The van der Waals surface area contributed by atoms with E-state index in [1.165, 1.54) is 0 Å². The number of fused-ring (bicyclic) bond motifs is 2. The Morgan fingerprint density at radius 2 is 2.07 bits per heavy atom. The molecule has 1 aliphatic carbocycles. The molecule has 3 heterocycles. The Morgan fingerprint density at radius 3 is 2.96 bits per heavy atom. The lowest BCUT2D eigenvalue weighted by Crippen LogP contribution is -2.06. The fourth-order valence-corrected chi connectivity index (χ4v) is 3.83. The van der Waals surface area contributed by atoms with Gasteiger partial charge in [-0.2, -0.15) is 0 Å². The monoisotopic (exact) mass is 358 g/mol. The summed E-state index contributed by atoms with van der Waals surface area (Å²) in [5.74, 6) is 0.823. The van der Waals surface area contributed by atoms with E-state index >= 15 is 0 Å². The highest BCUT2D eigenvalue weighted by Crippen LogP contribution is 2.51. The first-order valence-electron chi connectivity index (χ1n) is 9.15. The maximum atomic E-state index is 14.4. The quantitative estimate of drug-likeness (QED) is 0.482. The van der Waals surface area contributed by atoms with E-state index in [1.54, 1.807) is 12.3 Å². The van der Waals surface area contributed by atoms with Gasteiger partial charge < -0.3 is 0 Å². The minimum absolute atomic E-state index is 0.00978. The maximum absolute atomic E-state index is 14.4. The van der Waals surface area contributed by atoms with Gasteiger partial charge in [-0.15, -0.1) is 16.8 Å². The highest BCUT2D eigenvalue weighted by Gasteiger charge is 2.54. The molecule has 5 rings (SSSR count). The molecule has 0 spiro atoms. The first kappa shape index (κ1) is 16.1. The molecule has 4 nitrogen and oxygen atoms in total. The Morgan fingerprint density at radius 1 is 1.19 bits per heavy atom. The van der Waals surface area contributed by atoms with Gasteiger partial charge in [-0.25, -0.2) is 4.39 Å². The van der Waals surface area contributed by atoms with Gasteiger partial charge >= 0.3 is 0 Å². The SMILES string of the molecule is C=CCC1(F)CC1Cc1nnc2cc(-c3ccc4ncccc4c3)ccn12. The Balaban J connectivity index is 1.45. The molecular weight excluding hydrogens is 339 g/mol. The molecule has 0 N–H and O–H groups in total. The molecule has 1 fully saturated rings. The average Bonchev–Trinajstić information content (AvgIpc) is 3.14. The van der Waals surface area contributed by atoms with Crippen LogP contribution in [0.5, 0.6) is 0 Å². The van der Waals surface area contributed by atoms with Gasteiger partial charge in [0.25, 0.3) is 0 Å². The molecule has 1 aliphatic rings. The van der Waals surface area contributed by atoms with Crippen LogP contribution in [0.3, 0.4) is 0 Å². The molecule has 27 heavy (non-hydrogen) atoms. The molecule has 0 radical (unpaired) electrons. The predicted molar refractivity (Wildman–Crippen MR) is 104 cm³/mol. The predicted octanol–water partition coefficient (Wildman–Crippen LogP) is 4.79. The van der Waals surface area contributed by atoms with Crippen molar-refractivity contribution in [1.82, 2.24) is 19.6 Å². The number of hydrogen-bond acceptors (Lipinski definition) is 3. The molecule has 1 aromatic carbocycles. The van der Waals surface area contributed by atoms with Crippen LogP contribution >= 0.6 is 0 Å². The number of nitrogens with zero attached hydrogens (tertiary/aromatic N) is 4. The fourth-order valence-electron chi connectivity index (χ4n) is 3.83. The number of alkyl halides is 1. The fraction of sp³-hybridized carbons (Fsp3) is 0.227. The van der Waals surface area contributed by atoms with Gasteiger partial charge in [0.1, 0.15) is 11.5 Å². The van der Waals surface area contributed by atoms with Gasteiger partial charge in [-0.05, 0) is 54.3 Å². The summed E-state index contributed by atoms with van der Waals surface area (Å²) in [4.78, 5) is 4.36. The molecule has 0 aliphatic heterocycles. The summed E-state index contributed by atoms with van der Waals surface area (Å²) < 4.78 is 16.4. The third-order valence-electron chi connectivity index (χ3n) is 5.49. The van der Waals surface area contributed by atoms with Crippen LogP contribution in [0, 0.1) is 5.92 Å². The number of benzene rings is 1. The van der Waals surface area contributed by atoms with Crippen molar-refractivity contribution in [2.75, 3.05) is 0 Å². The van der Waals surface area contributed by atoms with E-state index in [0.29, 0.717) is 19.3 Å². The number of hydrogen-bond donors (Lipinski definition) is 0. The maximum Gasteiger partial charge on any atom is 0.161 e. The third-order valence-corrected chi connectivity index (χ3v) is 5.49. The van der Waals surface area contributed by atoms with Crippen LogP contribution in [-0.4, -0.2) is 25.3 Å². The molecule has 1 saturated carbocycles. The molecular formula is C22H19FN4. The lowest BCUT2D eigenvalue weighted by molar-refractivity contribution is 0.282. The molecule has 3 aromatic heterocycles. The number of aromatic nitrogens is 4. The van der Waals surface area contributed by atoms with Crippen LogP contribution in [0.1, 0.15) is 18.7 Å². The van der Waals surface area contributed by atoms with Crippen molar-refractivity contribution >= 4 is 16.6 Å². The van der Waals surface area contributed by atoms with Gasteiger partial charge in [0, 0.05) is 30.1 Å². The van der Waals surface area contributed by atoms with Gasteiger partial charge in [0.05, 0.1) is 5.52 Å². The summed E-state index contributed by atoms with van der Waals surface area (Å²) >= 11 is 0. The van der Waals surface area contributed by atoms with Gasteiger partial charge in [-0.1, -0.05) is 18.2 Å². The van der Waals surface area contributed by atoms with Gasteiger partial charge in [-0.3, -0.25) is 9.38 Å². The Hall–Kier alpha value is -3.08. The smallest absolute Gasteiger partial charge is 0.161 e. The van der Waals surface area contributed by atoms with Crippen molar-refractivity contribution in [3.05, 3.63) is 73.3 Å². The molecule has 0 bridgehead atoms. The van der Waals surface area contributed by atoms with Crippen LogP contribution in [0.25, 0.3) is 27.7 Å². The van der Waals surface area contributed by atoms with Crippen molar-refractivity contribution < 1.29 is 4.39 Å². The van der Waals surface area contributed by atoms with Crippen LogP contribution < -0.4 is 0 Å². The van der Waals surface area contributed by atoms with Gasteiger partial charge in [0.2, 0.25) is 0 Å². The highest BCUT2D eigenvalue weighted by atomic mass is 19.1. The summed E-state index contributed by atoms with van der Waals surface area (Å²) in [5, 5.41) is 9.70. The molecule has 5 heteroatoms. The molecule has 2 unspecified atom stereocenters. The van der Waals surface area contributed by atoms with E-state index in [9.17, 15) is 4.39 Å². The number of halogens is 1. The summed E-state index contributed by atoms with van der Waals surface area (Å²) in [6.45, 7) is 3.65. The Labute approximate surface area is 156 Å². The first-order valence-corrected chi connectivity index (χ1v) is 9.15. The summed E-state index contributed by atoms with van der Waals surface area (Å²) in [7, 11) is 0. The van der Waals surface area contributed by atoms with E-state index in [1.807, 2.05) is 28.8 Å². The first-order chi connectivity index (χ1) is 13.2. The van der Waals surface area contributed by atoms with Gasteiger partial charge in [0.15, 0.2) is 5.65 Å². The zero-order valence-electron chi connectivity index (χ0n) is 14.8. The minimum atomic E-state index is -1.10. The van der Waals surface area contributed by atoms with E-state index in [2.05, 4.69) is 46.0 Å². The minimum Gasteiger partial charge on any atom is -0.286 e. The van der Waals surface area contributed by atoms with Crippen LogP contribution in [0.2, 0.25) is 0 Å². The number of allylic oxidation sites excluding steroid dienone is 1.